The van der Waals surface area contributed by atoms with Crippen molar-refractivity contribution >= 4 is 11.8 Å². The molecule has 1 aromatic carbocycles. The zero-order chi connectivity index (χ0) is 11.0. The molecule has 0 saturated carbocycles. The van der Waals surface area contributed by atoms with Crippen LogP contribution in [0.3, 0.4) is 0 Å². The van der Waals surface area contributed by atoms with E-state index in [1.54, 1.807) is 11.8 Å². The molecular formula is C13H14O2S. The minimum Gasteiger partial charge on any atom is -0.396 e. The summed E-state index contributed by atoms with van der Waals surface area (Å²) in [6.45, 7) is 0.237. The highest BCUT2D eigenvalue weighted by atomic mass is 32.2. The second-order valence-corrected chi connectivity index (χ2v) is 5.40. The largest absolute Gasteiger partial charge is 0.396 e. The van der Waals surface area contributed by atoms with E-state index in [-0.39, 0.29) is 18.8 Å². The quantitative estimate of drug-likeness (QED) is 0.871. The van der Waals surface area contributed by atoms with Crippen molar-refractivity contribution in [2.45, 2.75) is 23.5 Å². The summed E-state index contributed by atoms with van der Waals surface area (Å²) in [5.74, 6) is 0.310. The van der Waals surface area contributed by atoms with Crippen molar-refractivity contribution < 1.29 is 9.84 Å². The van der Waals surface area contributed by atoms with Crippen molar-refractivity contribution in [3.05, 3.63) is 41.3 Å². The molecule has 0 amide bonds. The maximum atomic E-state index is 9.15. The molecule has 1 N–H and O–H groups in total. The molecule has 2 bridgehead atoms. The fourth-order valence-electron chi connectivity index (χ4n) is 2.30. The third-order valence-corrected chi connectivity index (χ3v) is 4.30. The first kappa shape index (κ1) is 10.4. The van der Waals surface area contributed by atoms with E-state index in [1.165, 1.54) is 9.80 Å². The number of fused-ring (bicyclic) bond motifs is 2. The predicted molar refractivity (Wildman–Crippen MR) is 64.2 cm³/mol. The molecule has 0 radical (unpaired) electrons. The minimum absolute atomic E-state index is 0.140. The van der Waals surface area contributed by atoms with Gasteiger partial charge in [-0.05, 0) is 24.6 Å². The number of thioether (sulfide) groups is 1. The molecule has 1 aromatic rings. The first-order valence-corrected chi connectivity index (χ1v) is 6.39. The summed E-state index contributed by atoms with van der Waals surface area (Å²) in [6.07, 6.45) is 3.49. The molecule has 2 aliphatic heterocycles. The Kier molecular flexibility index (Phi) is 2.75. The van der Waals surface area contributed by atoms with Crippen molar-refractivity contribution in [2.75, 3.05) is 6.61 Å². The molecular weight excluding hydrogens is 220 g/mol. The topological polar surface area (TPSA) is 29.5 Å². The smallest absolute Gasteiger partial charge is 0.0897 e. The molecule has 2 nitrogen and oxygen atoms in total. The predicted octanol–water partition coefficient (Wildman–Crippen LogP) is 2.44. The van der Waals surface area contributed by atoms with Gasteiger partial charge in [-0.1, -0.05) is 30.0 Å². The Hall–Kier alpha value is -0.770. The number of aliphatic hydroxyl groups excluding tert-OH is 1. The van der Waals surface area contributed by atoms with E-state index in [0.717, 1.165) is 6.42 Å². The number of hydrogen-bond acceptors (Lipinski definition) is 3. The van der Waals surface area contributed by atoms with E-state index < -0.39 is 0 Å². The van der Waals surface area contributed by atoms with E-state index in [1.807, 2.05) is 18.2 Å². The van der Waals surface area contributed by atoms with Gasteiger partial charge in [0.25, 0.3) is 0 Å². The van der Waals surface area contributed by atoms with Gasteiger partial charge in [0, 0.05) is 22.3 Å². The number of ether oxygens (including phenoxy) is 1. The molecule has 3 atom stereocenters. The Balaban J connectivity index is 1.73. The van der Waals surface area contributed by atoms with Gasteiger partial charge < -0.3 is 9.84 Å². The van der Waals surface area contributed by atoms with Gasteiger partial charge in [-0.15, -0.1) is 0 Å². The number of benzene rings is 1. The summed E-state index contributed by atoms with van der Waals surface area (Å²) in [7, 11) is 0. The fourth-order valence-corrected chi connectivity index (χ4v) is 3.35. The van der Waals surface area contributed by atoms with Crippen LogP contribution in [0.15, 0.2) is 46.2 Å². The van der Waals surface area contributed by atoms with E-state index >= 15 is 0 Å². The zero-order valence-electron chi connectivity index (χ0n) is 8.87. The molecule has 1 fully saturated rings. The molecule has 0 unspecified atom stereocenters. The Bertz CT molecular complexity index is 402. The van der Waals surface area contributed by atoms with Crippen LogP contribution in [0.25, 0.3) is 0 Å². The number of hydrogen-bond donors (Lipinski definition) is 1. The van der Waals surface area contributed by atoms with Gasteiger partial charge in [-0.25, -0.2) is 0 Å². The molecule has 3 heteroatoms. The number of rotatable bonds is 3. The minimum atomic E-state index is 0.140. The lowest BCUT2D eigenvalue weighted by atomic mass is 9.95. The van der Waals surface area contributed by atoms with Crippen LogP contribution >= 0.6 is 11.8 Å². The van der Waals surface area contributed by atoms with E-state index in [4.69, 9.17) is 9.84 Å². The second kappa shape index (κ2) is 4.24. The maximum absolute atomic E-state index is 9.15. The molecule has 3 rings (SSSR count). The first-order valence-electron chi connectivity index (χ1n) is 5.58. The average molecular weight is 234 g/mol. The monoisotopic (exact) mass is 234 g/mol. The van der Waals surface area contributed by atoms with Gasteiger partial charge in [0.2, 0.25) is 0 Å². The summed E-state index contributed by atoms with van der Waals surface area (Å²) < 4.78 is 5.79. The van der Waals surface area contributed by atoms with Gasteiger partial charge in [0.15, 0.2) is 0 Å². The van der Waals surface area contributed by atoms with E-state index in [9.17, 15) is 0 Å². The molecule has 2 heterocycles. The van der Waals surface area contributed by atoms with Crippen LogP contribution in [0.1, 0.15) is 6.42 Å². The highest BCUT2D eigenvalue weighted by Crippen LogP contribution is 2.44. The van der Waals surface area contributed by atoms with Crippen molar-refractivity contribution in [3.63, 3.8) is 0 Å². The van der Waals surface area contributed by atoms with Crippen LogP contribution in [0.4, 0.5) is 0 Å². The van der Waals surface area contributed by atoms with Crippen LogP contribution in [0.2, 0.25) is 0 Å². The van der Waals surface area contributed by atoms with E-state index in [2.05, 4.69) is 18.2 Å². The third kappa shape index (κ3) is 1.79. The highest BCUT2D eigenvalue weighted by Gasteiger charge is 2.41. The molecule has 84 valence electrons. The van der Waals surface area contributed by atoms with Crippen molar-refractivity contribution in [1.29, 1.82) is 0 Å². The summed E-state index contributed by atoms with van der Waals surface area (Å²) in [6, 6.07) is 10.3. The molecule has 1 saturated heterocycles. The standard InChI is InChI=1S/C13H14O2S/c14-8-9-6-12-13(7-11(9)15-12)16-10-4-2-1-3-5-10/h1-5,7,9,11-12,14H,6,8H2/t9-,11+,12+/m1/s1. The molecule has 0 spiro atoms. The Morgan fingerprint density at radius 2 is 2.12 bits per heavy atom. The summed E-state index contributed by atoms with van der Waals surface area (Å²) in [5.41, 5.74) is 0. The first-order chi connectivity index (χ1) is 7.86. The Morgan fingerprint density at radius 3 is 2.75 bits per heavy atom. The molecule has 2 aliphatic rings. The van der Waals surface area contributed by atoms with Crippen LogP contribution in [-0.4, -0.2) is 23.9 Å². The van der Waals surface area contributed by atoms with Crippen LogP contribution < -0.4 is 0 Å². The Labute approximate surface area is 99.3 Å². The highest BCUT2D eigenvalue weighted by molar-refractivity contribution is 8.03. The summed E-state index contributed by atoms with van der Waals surface area (Å²) in [4.78, 5) is 2.56. The van der Waals surface area contributed by atoms with Gasteiger partial charge in [-0.2, -0.15) is 0 Å². The molecule has 16 heavy (non-hydrogen) atoms. The van der Waals surface area contributed by atoms with Gasteiger partial charge in [0.1, 0.15) is 0 Å². The lowest BCUT2D eigenvalue weighted by molar-refractivity contribution is 0.0942. The fraction of sp³-hybridized carbons (Fsp3) is 0.385. The van der Waals surface area contributed by atoms with Crippen molar-refractivity contribution in [2.24, 2.45) is 5.92 Å². The molecule has 0 aromatic heterocycles. The second-order valence-electron chi connectivity index (χ2n) is 4.25. The third-order valence-electron chi connectivity index (χ3n) is 3.16. The summed E-state index contributed by atoms with van der Waals surface area (Å²) >= 11 is 1.78. The lowest BCUT2D eigenvalue weighted by Gasteiger charge is -2.15. The van der Waals surface area contributed by atoms with Gasteiger partial charge in [-0.3, -0.25) is 0 Å². The van der Waals surface area contributed by atoms with Crippen molar-refractivity contribution in [1.82, 2.24) is 0 Å². The normalized spacial score (nSPS) is 31.8. The Morgan fingerprint density at radius 1 is 1.31 bits per heavy atom. The average Bonchev–Trinajstić information content (AvgIpc) is 2.89. The maximum Gasteiger partial charge on any atom is 0.0897 e. The lowest BCUT2D eigenvalue weighted by Crippen LogP contribution is -2.17. The van der Waals surface area contributed by atoms with Gasteiger partial charge >= 0.3 is 0 Å². The van der Waals surface area contributed by atoms with Crippen LogP contribution in [0.5, 0.6) is 0 Å². The van der Waals surface area contributed by atoms with Gasteiger partial charge in [0.05, 0.1) is 12.2 Å². The molecule has 0 aliphatic carbocycles. The van der Waals surface area contributed by atoms with Crippen LogP contribution in [0, 0.1) is 5.92 Å². The number of aliphatic hydroxyl groups is 1. The van der Waals surface area contributed by atoms with Crippen molar-refractivity contribution in [3.8, 4) is 0 Å². The van der Waals surface area contributed by atoms with Crippen LogP contribution in [-0.2, 0) is 4.74 Å². The van der Waals surface area contributed by atoms with E-state index in [0.29, 0.717) is 5.92 Å². The summed E-state index contributed by atoms with van der Waals surface area (Å²) in [5, 5.41) is 9.15. The SMILES string of the molecule is OC[C@H]1C[C@@H]2O[C@H]1C=C2Sc1ccccc1. The zero-order valence-corrected chi connectivity index (χ0v) is 9.69.